The van der Waals surface area contributed by atoms with E-state index in [0.717, 1.165) is 0 Å². The van der Waals surface area contributed by atoms with Crippen molar-refractivity contribution in [1.82, 2.24) is 4.98 Å². The van der Waals surface area contributed by atoms with Gasteiger partial charge in [-0.1, -0.05) is 0 Å². The van der Waals surface area contributed by atoms with Crippen molar-refractivity contribution in [2.75, 3.05) is 0 Å². The van der Waals surface area contributed by atoms with Crippen LogP contribution >= 0.6 is 22.6 Å². The summed E-state index contributed by atoms with van der Waals surface area (Å²) >= 11 is 1.82. The molecular formula is C6H5IN2O. The van der Waals surface area contributed by atoms with E-state index in [1.54, 1.807) is 0 Å². The van der Waals surface area contributed by atoms with Gasteiger partial charge in [0, 0.05) is 12.4 Å². The third-order valence-electron chi connectivity index (χ3n) is 1.03. The first kappa shape index (κ1) is 7.46. The Morgan fingerprint density at radius 1 is 1.70 bits per heavy atom. The number of hydrogen-bond acceptors (Lipinski definition) is 3. The van der Waals surface area contributed by atoms with Crippen molar-refractivity contribution >= 4 is 26.3 Å². The molecule has 3 nitrogen and oxygen atoms in total. The third-order valence-corrected chi connectivity index (χ3v) is 1.62. The highest BCUT2D eigenvalue weighted by atomic mass is 127. The highest BCUT2D eigenvalue weighted by Crippen LogP contribution is 2.16. The molecule has 1 heterocycles. The summed E-state index contributed by atoms with van der Waals surface area (Å²) in [5.41, 5.74) is 0.475. The number of nitrogens with one attached hydrogen (secondary N) is 1. The molecule has 0 bridgehead atoms. The lowest BCUT2D eigenvalue weighted by Gasteiger charge is -1.96. The van der Waals surface area contributed by atoms with Crippen molar-refractivity contribution in [3.8, 4) is 5.75 Å². The molecule has 1 aromatic heterocycles. The first-order valence-electron chi connectivity index (χ1n) is 2.59. The molecule has 0 radical (unpaired) electrons. The molecule has 1 aromatic rings. The molecule has 2 N–H and O–H groups in total. The summed E-state index contributed by atoms with van der Waals surface area (Å²) in [6, 6.07) is 1.46. The van der Waals surface area contributed by atoms with E-state index in [9.17, 15) is 0 Å². The molecular weight excluding hydrogens is 243 g/mol. The zero-order valence-corrected chi connectivity index (χ0v) is 7.16. The van der Waals surface area contributed by atoms with Crippen molar-refractivity contribution in [1.29, 1.82) is 5.41 Å². The molecule has 4 heteroatoms. The summed E-state index contributed by atoms with van der Waals surface area (Å²) in [5.74, 6) is 0.106. The molecule has 0 aromatic carbocycles. The largest absolute Gasteiger partial charge is 0.507 e. The molecule has 0 amide bonds. The number of pyridine rings is 1. The van der Waals surface area contributed by atoms with Gasteiger partial charge >= 0.3 is 0 Å². The molecule has 0 aliphatic carbocycles. The van der Waals surface area contributed by atoms with Crippen LogP contribution in [-0.2, 0) is 0 Å². The quantitative estimate of drug-likeness (QED) is 0.585. The zero-order chi connectivity index (χ0) is 7.56. The molecule has 0 aliphatic rings. The number of aromatic hydroxyl groups is 1. The number of nitrogens with zero attached hydrogens (tertiary/aromatic N) is 1. The average Bonchev–Trinajstić information content (AvgIpc) is 1.88. The SMILES string of the molecule is N=C(I)c1cnccc1O. The van der Waals surface area contributed by atoms with E-state index in [4.69, 9.17) is 10.5 Å². The van der Waals surface area contributed by atoms with Crippen molar-refractivity contribution in [2.24, 2.45) is 0 Å². The zero-order valence-electron chi connectivity index (χ0n) is 5.00. The highest BCUT2D eigenvalue weighted by molar-refractivity contribution is 14.1. The van der Waals surface area contributed by atoms with Gasteiger partial charge in [0.25, 0.3) is 0 Å². The Labute approximate surface area is 71.8 Å². The second-order valence-corrected chi connectivity index (χ2v) is 2.79. The fourth-order valence-electron chi connectivity index (χ4n) is 0.556. The van der Waals surface area contributed by atoms with E-state index in [2.05, 4.69) is 4.98 Å². The summed E-state index contributed by atoms with van der Waals surface area (Å²) in [6.07, 6.45) is 2.95. The summed E-state index contributed by atoms with van der Waals surface area (Å²) in [5, 5.41) is 16.3. The molecule has 0 fully saturated rings. The van der Waals surface area contributed by atoms with Crippen LogP contribution < -0.4 is 0 Å². The van der Waals surface area contributed by atoms with Crippen LogP contribution in [0.3, 0.4) is 0 Å². The van der Waals surface area contributed by atoms with E-state index in [1.807, 2.05) is 22.6 Å². The van der Waals surface area contributed by atoms with Crippen molar-refractivity contribution in [2.45, 2.75) is 0 Å². The van der Waals surface area contributed by atoms with Crippen molar-refractivity contribution in [3.63, 3.8) is 0 Å². The average molecular weight is 248 g/mol. The molecule has 10 heavy (non-hydrogen) atoms. The van der Waals surface area contributed by atoms with E-state index in [-0.39, 0.29) is 5.75 Å². The molecule has 0 aliphatic heterocycles. The monoisotopic (exact) mass is 248 g/mol. The van der Waals surface area contributed by atoms with Crippen LogP contribution in [0.25, 0.3) is 0 Å². The third kappa shape index (κ3) is 1.44. The van der Waals surface area contributed by atoms with Crippen molar-refractivity contribution < 1.29 is 5.11 Å². The van der Waals surface area contributed by atoms with Crippen LogP contribution in [0.2, 0.25) is 0 Å². The number of hydrogen-bond donors (Lipinski definition) is 2. The van der Waals surface area contributed by atoms with Gasteiger partial charge in [0.05, 0.1) is 5.56 Å². The minimum Gasteiger partial charge on any atom is -0.507 e. The lowest BCUT2D eigenvalue weighted by molar-refractivity contribution is 0.473. The molecule has 0 unspecified atom stereocenters. The lowest BCUT2D eigenvalue weighted by Crippen LogP contribution is -1.88. The lowest BCUT2D eigenvalue weighted by atomic mass is 10.3. The van der Waals surface area contributed by atoms with Crippen LogP contribution in [0, 0.1) is 5.41 Å². The number of aromatic nitrogens is 1. The first-order chi connectivity index (χ1) is 4.72. The van der Waals surface area contributed by atoms with Crippen LogP contribution in [0.5, 0.6) is 5.75 Å². The topological polar surface area (TPSA) is 57.0 Å². The maximum absolute atomic E-state index is 9.10. The maximum Gasteiger partial charge on any atom is 0.128 e. The van der Waals surface area contributed by atoms with Crippen LogP contribution in [-0.4, -0.2) is 13.8 Å². The van der Waals surface area contributed by atoms with Gasteiger partial charge in [-0.3, -0.25) is 10.4 Å². The van der Waals surface area contributed by atoms with Gasteiger partial charge in [-0.2, -0.15) is 0 Å². The Morgan fingerprint density at radius 2 is 2.40 bits per heavy atom. The fraction of sp³-hybridized carbons (Fsp3) is 0. The Bertz CT molecular complexity index is 262. The molecule has 0 spiro atoms. The van der Waals surface area contributed by atoms with E-state index in [0.29, 0.717) is 9.28 Å². The molecule has 0 saturated carbocycles. The fourth-order valence-corrected chi connectivity index (χ4v) is 0.972. The Hall–Kier alpha value is -0.650. The predicted octanol–water partition coefficient (Wildman–Crippen LogP) is 1.55. The predicted molar refractivity (Wildman–Crippen MR) is 46.8 cm³/mol. The number of halogens is 1. The van der Waals surface area contributed by atoms with Crippen LogP contribution in [0.1, 0.15) is 5.56 Å². The molecule has 0 saturated heterocycles. The van der Waals surface area contributed by atoms with Gasteiger partial charge in [0.2, 0.25) is 0 Å². The minimum absolute atomic E-state index is 0.106. The second kappa shape index (κ2) is 2.96. The van der Waals surface area contributed by atoms with E-state index in [1.165, 1.54) is 18.5 Å². The van der Waals surface area contributed by atoms with Gasteiger partial charge in [-0.25, -0.2) is 0 Å². The number of rotatable bonds is 1. The molecule has 52 valence electrons. The Morgan fingerprint density at radius 3 is 2.80 bits per heavy atom. The molecule has 0 atom stereocenters. The standard InChI is InChI=1S/C6H5IN2O/c7-6(8)4-3-9-2-1-5(4)10/h1-3,8H,(H,9,10). The Balaban J connectivity index is 3.15. The summed E-state index contributed by atoms with van der Waals surface area (Å²) in [6.45, 7) is 0. The minimum atomic E-state index is 0.106. The summed E-state index contributed by atoms with van der Waals surface area (Å²) in [4.78, 5) is 3.76. The van der Waals surface area contributed by atoms with Gasteiger partial charge < -0.3 is 5.11 Å². The smallest absolute Gasteiger partial charge is 0.128 e. The van der Waals surface area contributed by atoms with Crippen molar-refractivity contribution in [3.05, 3.63) is 24.0 Å². The normalized spacial score (nSPS) is 9.30. The van der Waals surface area contributed by atoms with Gasteiger partial charge in [0.15, 0.2) is 0 Å². The summed E-state index contributed by atoms with van der Waals surface area (Å²) in [7, 11) is 0. The van der Waals surface area contributed by atoms with Gasteiger partial charge in [-0.15, -0.1) is 0 Å². The molecule has 1 rings (SSSR count). The van der Waals surface area contributed by atoms with Crippen LogP contribution in [0.15, 0.2) is 18.5 Å². The van der Waals surface area contributed by atoms with Crippen LogP contribution in [0.4, 0.5) is 0 Å². The summed E-state index contributed by atoms with van der Waals surface area (Å²) < 4.78 is 0.295. The first-order valence-corrected chi connectivity index (χ1v) is 3.67. The van der Waals surface area contributed by atoms with Gasteiger partial charge in [0.1, 0.15) is 9.47 Å². The highest BCUT2D eigenvalue weighted by Gasteiger charge is 2.01. The van der Waals surface area contributed by atoms with E-state index >= 15 is 0 Å². The van der Waals surface area contributed by atoms with E-state index < -0.39 is 0 Å². The maximum atomic E-state index is 9.10. The second-order valence-electron chi connectivity index (χ2n) is 1.71. The van der Waals surface area contributed by atoms with Gasteiger partial charge in [-0.05, 0) is 28.7 Å². The Kier molecular flexibility index (Phi) is 2.21.